The van der Waals surface area contributed by atoms with Crippen LogP contribution in [0.4, 0.5) is 16.3 Å². The molecule has 3 aromatic heterocycles. The van der Waals surface area contributed by atoms with Crippen LogP contribution in [0.2, 0.25) is 0 Å². The molecule has 5 rings (SSSR count). The van der Waals surface area contributed by atoms with Crippen LogP contribution in [0.3, 0.4) is 0 Å². The van der Waals surface area contributed by atoms with E-state index >= 15 is 0 Å². The van der Waals surface area contributed by atoms with Crippen molar-refractivity contribution in [3.05, 3.63) is 89.1 Å². The number of aliphatic hydroxyl groups is 2. The lowest BCUT2D eigenvalue weighted by Gasteiger charge is -2.14. The predicted molar refractivity (Wildman–Crippen MR) is 174 cm³/mol. The molecule has 0 spiro atoms. The van der Waals surface area contributed by atoms with E-state index in [1.165, 1.54) is 17.7 Å². The van der Waals surface area contributed by atoms with Crippen molar-refractivity contribution in [2.75, 3.05) is 23.8 Å². The number of nitrogens with zero attached hydrogens (tertiary/aromatic N) is 5. The molecule has 5 aromatic rings. The quantitative estimate of drug-likeness (QED) is 0.139. The molecule has 46 heavy (non-hydrogen) atoms. The van der Waals surface area contributed by atoms with Crippen molar-refractivity contribution in [2.45, 2.75) is 38.7 Å². The van der Waals surface area contributed by atoms with Gasteiger partial charge in [0, 0.05) is 35.2 Å². The van der Waals surface area contributed by atoms with Gasteiger partial charge in [0.25, 0.3) is 0 Å². The van der Waals surface area contributed by atoms with Crippen LogP contribution < -0.4 is 20.7 Å². The Bertz CT molecular complexity index is 1790. The predicted octanol–water partition coefficient (Wildman–Crippen LogP) is 4.53. The van der Waals surface area contributed by atoms with Gasteiger partial charge >= 0.3 is 6.03 Å². The number of amides is 3. The molecular weight excluding hydrogens is 608 g/mol. The van der Waals surface area contributed by atoms with Crippen LogP contribution in [-0.4, -0.2) is 66.1 Å². The molecule has 0 bridgehead atoms. The van der Waals surface area contributed by atoms with Gasteiger partial charge in [0.05, 0.1) is 47.4 Å². The lowest BCUT2D eigenvalue weighted by Crippen LogP contribution is -2.34. The van der Waals surface area contributed by atoms with Gasteiger partial charge < -0.3 is 25.6 Å². The zero-order valence-corrected chi connectivity index (χ0v) is 26.3. The number of aliphatic hydroxyl groups excluding tert-OH is 2. The van der Waals surface area contributed by atoms with Gasteiger partial charge in [-0.15, -0.1) is 11.3 Å². The highest BCUT2D eigenvalue weighted by atomic mass is 32.1. The van der Waals surface area contributed by atoms with E-state index in [2.05, 4.69) is 30.9 Å². The monoisotopic (exact) mass is 642 g/mol. The Morgan fingerprint density at radius 3 is 2.52 bits per heavy atom. The molecule has 0 radical (unpaired) electrons. The van der Waals surface area contributed by atoms with Crippen LogP contribution in [0.1, 0.15) is 32.0 Å². The molecule has 1 atom stereocenters. The SMILES string of the molecule is CC(C)(C)c1cc(NC(=O)Nc2ccc(Oc3cc(-c4cscn4)ncn3)cc2)n(-c2cccc(CC(=O)NCC(O)CO)c2)n1. The lowest BCUT2D eigenvalue weighted by molar-refractivity contribution is -0.121. The number of carbonyl (C=O) groups is 2. The third kappa shape index (κ3) is 8.50. The van der Waals surface area contributed by atoms with Gasteiger partial charge in [-0.2, -0.15) is 5.10 Å². The van der Waals surface area contributed by atoms with Crippen LogP contribution in [0.15, 0.2) is 77.9 Å². The Hall–Kier alpha value is -5.18. The average Bonchev–Trinajstić information content (AvgIpc) is 3.72. The standard InChI is InChI=1S/C32H34N8O5S/c1-32(2,3)27-14-28(40(39-27)22-6-4-5-20(11-22)12-29(43)33-15-23(42)16-41)38-31(44)37-21-7-9-24(10-8-21)45-30-13-25(34-18-35-30)26-17-46-19-36-26/h4-11,13-14,17-19,23,41-42H,12,15-16H2,1-3H3,(H,33,43)(H2,37,38,44). The van der Waals surface area contributed by atoms with Crippen molar-refractivity contribution >= 4 is 34.8 Å². The highest BCUT2D eigenvalue weighted by molar-refractivity contribution is 7.07. The molecule has 0 saturated heterocycles. The first-order chi connectivity index (χ1) is 22.1. The summed E-state index contributed by atoms with van der Waals surface area (Å²) in [6.45, 7) is 5.59. The first-order valence-corrected chi connectivity index (χ1v) is 15.3. The number of thiazole rings is 1. The van der Waals surface area contributed by atoms with Crippen molar-refractivity contribution in [3.63, 3.8) is 0 Å². The van der Waals surface area contributed by atoms with Gasteiger partial charge in [0.2, 0.25) is 11.8 Å². The molecule has 2 aromatic carbocycles. The fraction of sp³-hybridized carbons (Fsp3) is 0.250. The van der Waals surface area contributed by atoms with E-state index in [0.717, 1.165) is 11.4 Å². The largest absolute Gasteiger partial charge is 0.439 e. The van der Waals surface area contributed by atoms with Crippen LogP contribution >= 0.6 is 11.3 Å². The average molecular weight is 643 g/mol. The molecule has 3 heterocycles. The molecule has 0 aliphatic rings. The smallest absolute Gasteiger partial charge is 0.324 e. The summed E-state index contributed by atoms with van der Waals surface area (Å²) in [6, 6.07) is 17.1. The van der Waals surface area contributed by atoms with Gasteiger partial charge in [-0.1, -0.05) is 32.9 Å². The van der Waals surface area contributed by atoms with Crippen molar-refractivity contribution in [1.82, 2.24) is 30.0 Å². The van der Waals surface area contributed by atoms with Gasteiger partial charge in [0.15, 0.2) is 0 Å². The van der Waals surface area contributed by atoms with Crippen LogP contribution in [0, 0.1) is 0 Å². The topological polar surface area (TPSA) is 176 Å². The molecule has 0 aliphatic carbocycles. The van der Waals surface area contributed by atoms with Crippen LogP contribution in [0.5, 0.6) is 11.6 Å². The van der Waals surface area contributed by atoms with E-state index in [9.17, 15) is 14.7 Å². The van der Waals surface area contributed by atoms with Crippen molar-refractivity contribution < 1.29 is 24.5 Å². The zero-order chi connectivity index (χ0) is 32.7. The summed E-state index contributed by atoms with van der Waals surface area (Å²) < 4.78 is 7.49. The van der Waals surface area contributed by atoms with Crippen molar-refractivity contribution in [2.24, 2.45) is 0 Å². The maximum Gasteiger partial charge on any atom is 0.324 e. The Kier molecular flexibility index (Phi) is 10.0. The molecule has 0 saturated carbocycles. The highest BCUT2D eigenvalue weighted by Crippen LogP contribution is 2.28. The highest BCUT2D eigenvalue weighted by Gasteiger charge is 2.22. The number of ether oxygens (including phenoxy) is 1. The van der Waals surface area contributed by atoms with Gasteiger partial charge in [-0.3, -0.25) is 10.1 Å². The number of hydrogen-bond donors (Lipinski definition) is 5. The summed E-state index contributed by atoms with van der Waals surface area (Å²) in [5.41, 5.74) is 5.48. The molecule has 1 unspecified atom stereocenters. The second-order valence-electron chi connectivity index (χ2n) is 11.4. The number of rotatable bonds is 11. The maximum absolute atomic E-state index is 13.1. The number of urea groups is 1. The maximum atomic E-state index is 13.1. The summed E-state index contributed by atoms with van der Waals surface area (Å²) in [5, 5.41) is 33.4. The van der Waals surface area contributed by atoms with E-state index < -0.39 is 18.7 Å². The number of benzene rings is 2. The minimum atomic E-state index is -1.02. The Morgan fingerprint density at radius 1 is 1.00 bits per heavy atom. The van der Waals surface area contributed by atoms with E-state index in [-0.39, 0.29) is 24.3 Å². The summed E-state index contributed by atoms with van der Waals surface area (Å²) in [7, 11) is 0. The van der Waals surface area contributed by atoms with E-state index in [1.807, 2.05) is 38.3 Å². The Morgan fingerprint density at radius 2 is 1.80 bits per heavy atom. The zero-order valence-electron chi connectivity index (χ0n) is 25.5. The summed E-state index contributed by atoms with van der Waals surface area (Å²) >= 11 is 1.48. The number of nitrogens with one attached hydrogen (secondary N) is 3. The molecule has 0 fully saturated rings. The van der Waals surface area contributed by atoms with Crippen LogP contribution in [-0.2, 0) is 16.6 Å². The molecule has 238 valence electrons. The molecule has 14 heteroatoms. The molecule has 0 aliphatic heterocycles. The summed E-state index contributed by atoms with van der Waals surface area (Å²) in [5.74, 6) is 1.03. The lowest BCUT2D eigenvalue weighted by atomic mass is 9.92. The van der Waals surface area contributed by atoms with Gasteiger partial charge in [-0.25, -0.2) is 24.4 Å². The Balaban J connectivity index is 1.26. The second kappa shape index (κ2) is 14.3. The van der Waals surface area contributed by atoms with Gasteiger partial charge in [-0.05, 0) is 42.0 Å². The summed E-state index contributed by atoms with van der Waals surface area (Å²) in [4.78, 5) is 38.1. The van der Waals surface area contributed by atoms with E-state index in [1.54, 1.807) is 58.7 Å². The summed E-state index contributed by atoms with van der Waals surface area (Å²) in [6.07, 6.45) is 0.459. The van der Waals surface area contributed by atoms with Crippen LogP contribution in [0.25, 0.3) is 17.1 Å². The van der Waals surface area contributed by atoms with E-state index in [0.29, 0.717) is 40.1 Å². The number of hydrogen-bond acceptors (Lipinski definition) is 10. The fourth-order valence-electron chi connectivity index (χ4n) is 4.26. The van der Waals surface area contributed by atoms with E-state index in [4.69, 9.17) is 14.9 Å². The molecule has 5 N–H and O–H groups in total. The molecule has 3 amide bonds. The number of carbonyl (C=O) groups excluding carboxylic acids is 2. The minimum absolute atomic E-state index is 0.0429. The molecular formula is C32H34N8O5S. The second-order valence-corrected chi connectivity index (χ2v) is 12.1. The Labute approximate surface area is 269 Å². The number of aromatic nitrogens is 5. The first-order valence-electron chi connectivity index (χ1n) is 14.4. The third-order valence-corrected chi connectivity index (χ3v) is 7.24. The molecule has 13 nitrogen and oxygen atoms in total. The van der Waals surface area contributed by atoms with Crippen molar-refractivity contribution in [1.29, 1.82) is 0 Å². The fourth-order valence-corrected chi connectivity index (χ4v) is 4.80. The minimum Gasteiger partial charge on any atom is -0.439 e. The number of anilines is 2. The first kappa shape index (κ1) is 32.2. The van der Waals surface area contributed by atoms with Crippen molar-refractivity contribution in [3.8, 4) is 28.7 Å². The van der Waals surface area contributed by atoms with Gasteiger partial charge in [0.1, 0.15) is 17.9 Å². The third-order valence-electron chi connectivity index (χ3n) is 6.66. The normalized spacial score (nSPS) is 11.9.